The van der Waals surface area contributed by atoms with Gasteiger partial charge in [-0.15, -0.1) is 0 Å². The Morgan fingerprint density at radius 3 is 2.07 bits per heavy atom. The normalized spacial score (nSPS) is 21.7. The van der Waals surface area contributed by atoms with Gasteiger partial charge in [-0.05, 0) is 6.42 Å². The van der Waals surface area contributed by atoms with Gasteiger partial charge in [-0.3, -0.25) is 0 Å². The highest BCUT2D eigenvalue weighted by Gasteiger charge is 2.46. The summed E-state index contributed by atoms with van der Waals surface area (Å²) in [5.41, 5.74) is -0.805. The van der Waals surface area contributed by atoms with Gasteiger partial charge in [0.2, 0.25) is 0 Å². The first kappa shape index (κ1) is 12.9. The van der Waals surface area contributed by atoms with E-state index in [1.165, 1.54) is 8.61 Å². The molecule has 1 rings (SSSR count). The summed E-state index contributed by atoms with van der Waals surface area (Å²) in [5.74, 6) is 0. The van der Waals surface area contributed by atoms with E-state index in [9.17, 15) is 13.5 Å². The summed E-state index contributed by atoms with van der Waals surface area (Å²) in [6.07, 6.45) is 0.595. The van der Waals surface area contributed by atoms with Crippen LogP contribution in [0.2, 0.25) is 0 Å². The minimum Gasteiger partial charge on any atom is -0.387 e. The van der Waals surface area contributed by atoms with Gasteiger partial charge in [0.1, 0.15) is 0 Å². The monoisotopic (exact) mass is 236 g/mol. The van der Waals surface area contributed by atoms with Crippen molar-refractivity contribution in [2.24, 2.45) is 0 Å². The molecule has 0 spiro atoms. The zero-order valence-corrected chi connectivity index (χ0v) is 10.4. The van der Waals surface area contributed by atoms with Crippen LogP contribution < -0.4 is 0 Å². The Labute approximate surface area is 91.9 Å². The first-order chi connectivity index (χ1) is 6.89. The standard InChI is InChI=1S/C9H20N2O3S/c1-4-9(12)7-11(8-9)15(13,14)10(5-2)6-3/h12H,4-8H2,1-3H3. The lowest BCUT2D eigenvalue weighted by Gasteiger charge is -2.46. The zero-order chi connectivity index (χ0) is 11.7. The Kier molecular flexibility index (Phi) is 3.76. The highest BCUT2D eigenvalue weighted by Crippen LogP contribution is 2.28. The first-order valence-corrected chi connectivity index (χ1v) is 6.77. The van der Waals surface area contributed by atoms with Gasteiger partial charge in [0.15, 0.2) is 0 Å². The third-order valence-electron chi connectivity index (χ3n) is 2.96. The Bertz CT molecular complexity index is 305. The van der Waals surface area contributed by atoms with Crippen LogP contribution in [-0.4, -0.2) is 53.9 Å². The van der Waals surface area contributed by atoms with Gasteiger partial charge in [-0.2, -0.15) is 17.0 Å². The van der Waals surface area contributed by atoms with Crippen molar-refractivity contribution in [3.05, 3.63) is 0 Å². The van der Waals surface area contributed by atoms with Crippen LogP contribution in [0, 0.1) is 0 Å². The molecule has 1 N–H and O–H groups in total. The van der Waals surface area contributed by atoms with Crippen molar-refractivity contribution in [3.8, 4) is 0 Å². The lowest BCUT2D eigenvalue weighted by molar-refractivity contribution is -0.0634. The summed E-state index contributed by atoms with van der Waals surface area (Å²) >= 11 is 0. The van der Waals surface area contributed by atoms with E-state index < -0.39 is 15.8 Å². The maximum Gasteiger partial charge on any atom is 0.282 e. The first-order valence-electron chi connectivity index (χ1n) is 5.37. The minimum absolute atomic E-state index is 0.225. The molecule has 0 amide bonds. The van der Waals surface area contributed by atoms with Crippen LogP contribution in [0.3, 0.4) is 0 Å². The van der Waals surface area contributed by atoms with E-state index in [2.05, 4.69) is 0 Å². The summed E-state index contributed by atoms with van der Waals surface area (Å²) in [6, 6.07) is 0. The lowest BCUT2D eigenvalue weighted by Crippen LogP contribution is -2.65. The molecule has 1 saturated heterocycles. The summed E-state index contributed by atoms with van der Waals surface area (Å²) < 4.78 is 26.6. The van der Waals surface area contributed by atoms with Gasteiger partial charge in [-0.1, -0.05) is 20.8 Å². The van der Waals surface area contributed by atoms with Crippen molar-refractivity contribution in [2.45, 2.75) is 32.8 Å². The van der Waals surface area contributed by atoms with Crippen LogP contribution in [0.4, 0.5) is 0 Å². The van der Waals surface area contributed by atoms with Gasteiger partial charge in [0, 0.05) is 26.2 Å². The van der Waals surface area contributed by atoms with E-state index in [0.717, 1.165) is 0 Å². The molecule has 6 heteroatoms. The van der Waals surface area contributed by atoms with E-state index in [4.69, 9.17) is 0 Å². The molecule has 0 aromatic carbocycles. The summed E-state index contributed by atoms with van der Waals surface area (Å²) in [7, 11) is -3.34. The fourth-order valence-corrected chi connectivity index (χ4v) is 3.50. The highest BCUT2D eigenvalue weighted by molar-refractivity contribution is 7.86. The van der Waals surface area contributed by atoms with E-state index in [1.54, 1.807) is 0 Å². The maximum absolute atomic E-state index is 11.9. The second-order valence-corrected chi connectivity index (χ2v) is 5.87. The Balaban J connectivity index is 2.67. The second kappa shape index (κ2) is 4.37. The van der Waals surface area contributed by atoms with Gasteiger partial charge < -0.3 is 5.11 Å². The fourth-order valence-electron chi connectivity index (χ4n) is 1.71. The Hall–Kier alpha value is -0.170. The molecule has 1 fully saturated rings. The van der Waals surface area contributed by atoms with Gasteiger partial charge in [-0.25, -0.2) is 0 Å². The van der Waals surface area contributed by atoms with Crippen molar-refractivity contribution < 1.29 is 13.5 Å². The zero-order valence-electron chi connectivity index (χ0n) is 9.60. The third kappa shape index (κ3) is 2.33. The molecule has 5 nitrogen and oxygen atoms in total. The summed E-state index contributed by atoms with van der Waals surface area (Å²) in [4.78, 5) is 0. The molecule has 1 aliphatic heterocycles. The summed E-state index contributed by atoms with van der Waals surface area (Å²) in [5, 5.41) is 9.76. The molecular weight excluding hydrogens is 216 g/mol. The largest absolute Gasteiger partial charge is 0.387 e. The van der Waals surface area contributed by atoms with E-state index in [1.807, 2.05) is 20.8 Å². The van der Waals surface area contributed by atoms with Gasteiger partial charge in [0.25, 0.3) is 10.2 Å². The van der Waals surface area contributed by atoms with Crippen LogP contribution in [0.25, 0.3) is 0 Å². The molecule has 1 heterocycles. The van der Waals surface area contributed by atoms with Crippen LogP contribution in [-0.2, 0) is 10.2 Å². The number of rotatable bonds is 5. The molecule has 0 saturated carbocycles. The van der Waals surface area contributed by atoms with Crippen LogP contribution >= 0.6 is 0 Å². The van der Waals surface area contributed by atoms with Crippen molar-refractivity contribution >= 4 is 10.2 Å². The van der Waals surface area contributed by atoms with Crippen molar-refractivity contribution in [2.75, 3.05) is 26.2 Å². The molecule has 15 heavy (non-hydrogen) atoms. The molecule has 90 valence electrons. The SMILES string of the molecule is CCN(CC)S(=O)(=O)N1CC(O)(CC)C1. The number of hydrogen-bond acceptors (Lipinski definition) is 3. The quantitative estimate of drug-likeness (QED) is 0.732. The fraction of sp³-hybridized carbons (Fsp3) is 1.00. The molecule has 0 aromatic heterocycles. The van der Waals surface area contributed by atoms with Gasteiger partial charge >= 0.3 is 0 Å². The van der Waals surface area contributed by atoms with Crippen LogP contribution in [0.1, 0.15) is 27.2 Å². The number of hydrogen-bond donors (Lipinski definition) is 1. The molecule has 0 atom stereocenters. The Morgan fingerprint density at radius 2 is 1.73 bits per heavy atom. The molecule has 1 aliphatic rings. The smallest absolute Gasteiger partial charge is 0.282 e. The molecular formula is C9H20N2O3S. The predicted octanol–water partition coefficient (Wildman–Crippen LogP) is 0.0297. The third-order valence-corrected chi connectivity index (χ3v) is 5.04. The van der Waals surface area contributed by atoms with Crippen molar-refractivity contribution in [3.63, 3.8) is 0 Å². The van der Waals surface area contributed by atoms with Crippen molar-refractivity contribution in [1.29, 1.82) is 0 Å². The topological polar surface area (TPSA) is 60.9 Å². The predicted molar refractivity (Wildman–Crippen MR) is 58.7 cm³/mol. The molecule has 0 unspecified atom stereocenters. The van der Waals surface area contributed by atoms with Crippen LogP contribution in [0.15, 0.2) is 0 Å². The molecule has 0 aliphatic carbocycles. The molecule has 0 aromatic rings. The number of β-amino-alcohol motifs (C(OH)–C–C–N with tert-alkyl or cyclic N) is 1. The molecule has 0 bridgehead atoms. The van der Waals surface area contributed by atoms with Crippen LogP contribution in [0.5, 0.6) is 0 Å². The highest BCUT2D eigenvalue weighted by atomic mass is 32.2. The average molecular weight is 236 g/mol. The summed E-state index contributed by atoms with van der Waals surface area (Å²) in [6.45, 7) is 6.88. The van der Waals surface area contributed by atoms with E-state index in [0.29, 0.717) is 19.5 Å². The lowest BCUT2D eigenvalue weighted by atomic mass is 9.94. The Morgan fingerprint density at radius 1 is 1.27 bits per heavy atom. The van der Waals surface area contributed by atoms with Crippen molar-refractivity contribution in [1.82, 2.24) is 8.61 Å². The van der Waals surface area contributed by atoms with E-state index >= 15 is 0 Å². The number of aliphatic hydroxyl groups is 1. The molecule has 0 radical (unpaired) electrons. The second-order valence-electron chi connectivity index (χ2n) is 3.94. The van der Waals surface area contributed by atoms with Gasteiger partial charge in [0.05, 0.1) is 5.60 Å². The average Bonchev–Trinajstić information content (AvgIpc) is 2.14. The number of nitrogens with zero attached hydrogens (tertiary/aromatic N) is 2. The van der Waals surface area contributed by atoms with E-state index in [-0.39, 0.29) is 13.1 Å². The maximum atomic E-state index is 11.9. The minimum atomic E-state index is -3.34.